The first-order valence-corrected chi connectivity index (χ1v) is 13.9. The van der Waals surface area contributed by atoms with Crippen LogP contribution in [0.15, 0.2) is 83.8 Å². The van der Waals surface area contributed by atoms with E-state index in [0.29, 0.717) is 67.6 Å². The first kappa shape index (κ1) is 27.5. The maximum atomic E-state index is 12.9. The van der Waals surface area contributed by atoms with Crippen molar-refractivity contribution < 1.29 is 22.7 Å². The van der Waals surface area contributed by atoms with Gasteiger partial charge in [0.05, 0.1) is 22.8 Å². The fourth-order valence-corrected chi connectivity index (χ4v) is 5.68. The Morgan fingerprint density at radius 1 is 0.842 bits per heavy atom. The van der Waals surface area contributed by atoms with E-state index in [1.165, 1.54) is 4.31 Å². The van der Waals surface area contributed by atoms with Crippen LogP contribution in [0.4, 0.5) is 5.69 Å². The Morgan fingerprint density at radius 2 is 1.50 bits per heavy atom. The molecule has 0 aromatic heterocycles. The molecule has 0 bridgehead atoms. The summed E-state index contributed by atoms with van der Waals surface area (Å²) in [4.78, 5) is 27.9. The summed E-state index contributed by atoms with van der Waals surface area (Å²) < 4.78 is 32.2. The molecule has 10 heteroatoms. The number of carbonyl (C=O) groups is 2. The van der Waals surface area contributed by atoms with Crippen LogP contribution in [0.2, 0.25) is 0 Å². The zero-order chi connectivity index (χ0) is 27.0. The number of carbonyl (C=O) groups excluding carboxylic acids is 2. The van der Waals surface area contributed by atoms with Crippen LogP contribution in [-0.4, -0.2) is 75.9 Å². The predicted octanol–water partition coefficient (Wildman–Crippen LogP) is 2.82. The first-order valence-electron chi connectivity index (χ1n) is 12.4. The fourth-order valence-electron chi connectivity index (χ4n) is 4.24. The molecule has 0 unspecified atom stereocenters. The highest BCUT2D eigenvalue weighted by Gasteiger charge is 2.28. The minimum Gasteiger partial charge on any atom is -0.383 e. The Bertz CT molecular complexity index is 1340. The molecule has 2 N–H and O–H groups in total. The van der Waals surface area contributed by atoms with E-state index in [0.717, 1.165) is 5.56 Å². The number of methoxy groups -OCH3 is 1. The fraction of sp³-hybridized carbons (Fsp3) is 0.286. The Hall–Kier alpha value is -3.57. The quantitative estimate of drug-likeness (QED) is 0.386. The highest BCUT2D eigenvalue weighted by molar-refractivity contribution is 7.89. The molecule has 0 spiro atoms. The molecule has 0 aliphatic carbocycles. The van der Waals surface area contributed by atoms with E-state index in [-0.39, 0.29) is 11.8 Å². The molecule has 1 aliphatic heterocycles. The molecule has 0 atom stereocenters. The van der Waals surface area contributed by atoms with Gasteiger partial charge in [-0.1, -0.05) is 42.5 Å². The van der Waals surface area contributed by atoms with Crippen LogP contribution in [-0.2, 0) is 21.3 Å². The van der Waals surface area contributed by atoms with Crippen LogP contribution in [0.5, 0.6) is 0 Å². The molecule has 200 valence electrons. The van der Waals surface area contributed by atoms with E-state index in [4.69, 9.17) is 4.74 Å². The van der Waals surface area contributed by atoms with E-state index in [2.05, 4.69) is 15.5 Å². The molecular formula is C28H32N4O5S. The maximum absolute atomic E-state index is 12.9. The first-order chi connectivity index (χ1) is 18.4. The molecule has 1 heterocycles. The summed E-state index contributed by atoms with van der Waals surface area (Å²) in [5, 5.41) is 5.59. The number of benzene rings is 3. The molecule has 0 saturated carbocycles. The standard InChI is InChI=1S/C28H32N4O5S/c1-37-20-15-29-28(34)25-9-5-6-10-26(25)30-27(33)23-13-11-22(12-14-23)21-31-16-18-32(19-17-31)38(35,36)24-7-3-2-4-8-24/h2-14H,15-21H2,1H3,(H,29,34)(H,30,33). The number of piperazine rings is 1. The summed E-state index contributed by atoms with van der Waals surface area (Å²) >= 11 is 0. The van der Waals surface area contributed by atoms with Gasteiger partial charge in [-0.25, -0.2) is 8.42 Å². The van der Waals surface area contributed by atoms with Crippen LogP contribution in [0.3, 0.4) is 0 Å². The summed E-state index contributed by atoms with van der Waals surface area (Å²) in [6.07, 6.45) is 0. The number of hydrogen-bond donors (Lipinski definition) is 2. The average molecular weight is 537 g/mol. The molecule has 3 aromatic rings. The molecule has 4 rings (SSSR count). The van der Waals surface area contributed by atoms with Crippen LogP contribution in [0.1, 0.15) is 26.3 Å². The van der Waals surface area contributed by atoms with Crippen molar-refractivity contribution in [1.82, 2.24) is 14.5 Å². The van der Waals surface area contributed by atoms with Gasteiger partial charge in [0.1, 0.15) is 0 Å². The molecular weight excluding hydrogens is 504 g/mol. The topological polar surface area (TPSA) is 108 Å². The lowest BCUT2D eigenvalue weighted by Crippen LogP contribution is -2.48. The molecule has 1 saturated heterocycles. The Labute approximate surface area is 223 Å². The summed E-state index contributed by atoms with van der Waals surface area (Å²) in [7, 11) is -1.92. The lowest BCUT2D eigenvalue weighted by Gasteiger charge is -2.34. The smallest absolute Gasteiger partial charge is 0.255 e. The summed E-state index contributed by atoms with van der Waals surface area (Å²) in [6.45, 7) is 3.53. The minimum absolute atomic E-state index is 0.287. The second-order valence-electron chi connectivity index (χ2n) is 8.94. The van der Waals surface area contributed by atoms with Gasteiger partial charge in [0, 0.05) is 51.9 Å². The number of nitrogens with zero attached hydrogens (tertiary/aromatic N) is 2. The van der Waals surface area contributed by atoms with Crippen LogP contribution in [0.25, 0.3) is 0 Å². The zero-order valence-corrected chi connectivity index (χ0v) is 22.1. The SMILES string of the molecule is COCCNC(=O)c1ccccc1NC(=O)c1ccc(CN2CCN(S(=O)(=O)c3ccccc3)CC2)cc1. The third-order valence-corrected chi connectivity index (χ3v) is 8.26. The van der Waals surface area contributed by atoms with E-state index in [1.54, 1.807) is 73.8 Å². The number of nitrogens with one attached hydrogen (secondary N) is 2. The maximum Gasteiger partial charge on any atom is 0.255 e. The molecule has 3 aromatic carbocycles. The largest absolute Gasteiger partial charge is 0.383 e. The van der Waals surface area contributed by atoms with Gasteiger partial charge in [-0.05, 0) is 42.0 Å². The van der Waals surface area contributed by atoms with Crippen molar-refractivity contribution in [2.45, 2.75) is 11.4 Å². The van der Waals surface area contributed by atoms with Crippen molar-refractivity contribution in [2.24, 2.45) is 0 Å². The lowest BCUT2D eigenvalue weighted by molar-refractivity contribution is 0.0938. The minimum atomic E-state index is -3.48. The van der Waals surface area contributed by atoms with Crippen LogP contribution in [0, 0.1) is 0 Å². The predicted molar refractivity (Wildman–Crippen MR) is 146 cm³/mol. The molecule has 1 fully saturated rings. The number of amides is 2. The number of sulfonamides is 1. The van der Waals surface area contributed by atoms with Gasteiger partial charge >= 0.3 is 0 Å². The van der Waals surface area contributed by atoms with Crippen molar-refractivity contribution in [2.75, 3.05) is 51.8 Å². The highest BCUT2D eigenvalue weighted by Crippen LogP contribution is 2.19. The number of rotatable bonds is 10. The second kappa shape index (κ2) is 12.8. The average Bonchev–Trinajstić information content (AvgIpc) is 2.94. The number of ether oxygens (including phenoxy) is 1. The Morgan fingerprint density at radius 3 is 2.18 bits per heavy atom. The molecule has 38 heavy (non-hydrogen) atoms. The van der Waals surface area contributed by atoms with Crippen LogP contribution < -0.4 is 10.6 Å². The Balaban J connectivity index is 1.31. The van der Waals surface area contributed by atoms with Gasteiger partial charge < -0.3 is 15.4 Å². The number of anilines is 1. The number of hydrogen-bond acceptors (Lipinski definition) is 6. The molecule has 2 amide bonds. The van der Waals surface area contributed by atoms with Crippen molar-refractivity contribution >= 4 is 27.5 Å². The van der Waals surface area contributed by atoms with Gasteiger partial charge in [-0.2, -0.15) is 4.31 Å². The number of para-hydroxylation sites is 1. The van der Waals surface area contributed by atoms with E-state index >= 15 is 0 Å². The normalized spacial score (nSPS) is 14.7. The summed E-state index contributed by atoms with van der Waals surface area (Å²) in [5.41, 5.74) is 2.31. The molecule has 1 aliphatic rings. The Kier molecular flexibility index (Phi) is 9.24. The van der Waals surface area contributed by atoms with E-state index in [9.17, 15) is 18.0 Å². The molecule has 0 radical (unpaired) electrons. The zero-order valence-electron chi connectivity index (χ0n) is 21.3. The third-order valence-electron chi connectivity index (χ3n) is 6.35. The third kappa shape index (κ3) is 6.84. The lowest BCUT2D eigenvalue weighted by atomic mass is 10.1. The van der Waals surface area contributed by atoms with Gasteiger partial charge in [0.25, 0.3) is 11.8 Å². The van der Waals surface area contributed by atoms with Gasteiger partial charge in [0.15, 0.2) is 0 Å². The summed E-state index contributed by atoms with van der Waals surface area (Å²) in [6, 6.07) is 22.6. The van der Waals surface area contributed by atoms with E-state index in [1.807, 2.05) is 12.1 Å². The van der Waals surface area contributed by atoms with Crippen molar-refractivity contribution in [3.05, 3.63) is 95.6 Å². The van der Waals surface area contributed by atoms with Gasteiger partial charge in [0.2, 0.25) is 10.0 Å². The van der Waals surface area contributed by atoms with Crippen molar-refractivity contribution in [1.29, 1.82) is 0 Å². The van der Waals surface area contributed by atoms with Crippen LogP contribution >= 0.6 is 0 Å². The van der Waals surface area contributed by atoms with Crippen molar-refractivity contribution in [3.8, 4) is 0 Å². The second-order valence-corrected chi connectivity index (χ2v) is 10.9. The van der Waals surface area contributed by atoms with Gasteiger partial charge in [-0.15, -0.1) is 0 Å². The van der Waals surface area contributed by atoms with Crippen molar-refractivity contribution in [3.63, 3.8) is 0 Å². The van der Waals surface area contributed by atoms with Gasteiger partial charge in [-0.3, -0.25) is 14.5 Å². The highest BCUT2D eigenvalue weighted by atomic mass is 32.2. The monoisotopic (exact) mass is 536 g/mol. The van der Waals surface area contributed by atoms with E-state index < -0.39 is 10.0 Å². The molecule has 9 nitrogen and oxygen atoms in total. The summed E-state index contributed by atoms with van der Waals surface area (Å²) in [5.74, 6) is -0.599.